The largest absolute Gasteiger partial charge is 0.340 e. The Morgan fingerprint density at radius 3 is 2.70 bits per heavy atom. The van der Waals surface area contributed by atoms with Crippen molar-refractivity contribution >= 4 is 23.6 Å². The van der Waals surface area contributed by atoms with Gasteiger partial charge in [0.1, 0.15) is 11.9 Å². The van der Waals surface area contributed by atoms with E-state index in [1.165, 1.54) is 12.8 Å². The molecule has 0 aromatic carbocycles. The lowest BCUT2D eigenvalue weighted by molar-refractivity contribution is -0.138. The van der Waals surface area contributed by atoms with Crippen LogP contribution in [-0.4, -0.2) is 62.3 Å². The maximum absolute atomic E-state index is 13.6. The van der Waals surface area contributed by atoms with Gasteiger partial charge in [0.05, 0.1) is 11.9 Å². The van der Waals surface area contributed by atoms with Crippen molar-refractivity contribution < 1.29 is 13.6 Å². The Kier molecular flexibility index (Phi) is 4.99. The number of aromatic amines is 1. The van der Waals surface area contributed by atoms with E-state index in [-0.39, 0.29) is 31.8 Å². The van der Waals surface area contributed by atoms with Crippen molar-refractivity contribution in [2.24, 2.45) is 0 Å². The zero-order valence-electron chi connectivity index (χ0n) is 18.6. The molecule has 0 bridgehead atoms. The number of H-pyrrole nitrogens is 1. The van der Waals surface area contributed by atoms with E-state index in [9.17, 15) is 13.6 Å². The Morgan fingerprint density at radius 2 is 1.91 bits per heavy atom. The van der Waals surface area contributed by atoms with Crippen LogP contribution in [0.3, 0.4) is 0 Å². The second-order valence-electron chi connectivity index (χ2n) is 9.77. The van der Waals surface area contributed by atoms with E-state index in [2.05, 4.69) is 15.3 Å². The van der Waals surface area contributed by atoms with Crippen LogP contribution in [0.1, 0.15) is 67.8 Å². The quantitative estimate of drug-likeness (QED) is 0.714. The van der Waals surface area contributed by atoms with Crippen LogP contribution in [0.15, 0.2) is 6.20 Å². The minimum absolute atomic E-state index is 0.0817. The zero-order valence-corrected chi connectivity index (χ0v) is 18.6. The molecule has 0 unspecified atom stereocenters. The van der Waals surface area contributed by atoms with Gasteiger partial charge in [0, 0.05) is 49.7 Å². The number of nitrogens with one attached hydrogen (secondary N) is 2. The second-order valence-corrected chi connectivity index (χ2v) is 9.77. The van der Waals surface area contributed by atoms with Crippen LogP contribution in [0.5, 0.6) is 0 Å². The summed E-state index contributed by atoms with van der Waals surface area (Å²) in [6.45, 7) is 0.900. The van der Waals surface area contributed by atoms with Gasteiger partial charge >= 0.3 is 0 Å². The first-order valence-corrected chi connectivity index (χ1v) is 12.1. The Bertz CT molecular complexity index is 1060. The second kappa shape index (κ2) is 7.92. The van der Waals surface area contributed by atoms with Gasteiger partial charge in [-0.3, -0.25) is 4.79 Å². The van der Waals surface area contributed by atoms with Crippen LogP contribution in [0.25, 0.3) is 0 Å². The number of alkyl halides is 2. The number of carbonyl (C=O) groups excluding carboxylic acids is 1. The Hall–Kier alpha value is -2.78. The highest BCUT2D eigenvalue weighted by molar-refractivity contribution is 5.85. The molecule has 2 aliphatic heterocycles. The molecule has 1 atom stereocenters. The van der Waals surface area contributed by atoms with Crippen molar-refractivity contribution in [3.63, 3.8) is 0 Å². The summed E-state index contributed by atoms with van der Waals surface area (Å²) < 4.78 is 27.2. The molecule has 6 rings (SSSR count). The molecule has 176 valence electrons. The maximum Gasteiger partial charge on any atom is 0.251 e. The fourth-order valence-corrected chi connectivity index (χ4v) is 5.29. The number of amides is 1. The fraction of sp³-hybridized carbons (Fsp3) is 0.652. The molecular formula is C23H29F2N7O. The first-order valence-electron chi connectivity index (χ1n) is 12.1. The first kappa shape index (κ1) is 20.8. The molecule has 1 saturated carbocycles. The number of aryl methyl sites for hydroxylation is 1. The number of fused-ring (bicyclic) bond motifs is 1. The summed E-state index contributed by atoms with van der Waals surface area (Å²) in [5.74, 6) is -0.183. The van der Waals surface area contributed by atoms with Crippen LogP contribution in [0.4, 0.5) is 26.5 Å². The van der Waals surface area contributed by atoms with Gasteiger partial charge < -0.3 is 20.1 Å². The molecule has 4 aliphatic rings. The van der Waals surface area contributed by atoms with Gasteiger partial charge in [-0.2, -0.15) is 4.98 Å². The number of hydrogen-bond donors (Lipinski definition) is 2. The molecular weight excluding hydrogens is 428 g/mol. The predicted octanol–water partition coefficient (Wildman–Crippen LogP) is 3.54. The Balaban J connectivity index is 1.24. The van der Waals surface area contributed by atoms with E-state index >= 15 is 0 Å². The van der Waals surface area contributed by atoms with Gasteiger partial charge in [-0.15, -0.1) is 0 Å². The summed E-state index contributed by atoms with van der Waals surface area (Å²) in [4.78, 5) is 34.3. The Labute approximate surface area is 191 Å². The summed E-state index contributed by atoms with van der Waals surface area (Å²) in [5, 5.41) is 3.36. The highest BCUT2D eigenvalue weighted by Crippen LogP contribution is 2.40. The predicted molar refractivity (Wildman–Crippen MR) is 119 cm³/mol. The van der Waals surface area contributed by atoms with E-state index in [0.717, 1.165) is 48.5 Å². The van der Waals surface area contributed by atoms with Gasteiger partial charge in [-0.25, -0.2) is 18.7 Å². The Morgan fingerprint density at radius 1 is 1.09 bits per heavy atom. The molecule has 0 radical (unpaired) electrons. The highest BCUT2D eigenvalue weighted by Gasteiger charge is 2.41. The average molecular weight is 458 g/mol. The number of imidazole rings is 1. The number of halogens is 2. The van der Waals surface area contributed by atoms with Crippen molar-refractivity contribution in [3.05, 3.63) is 23.1 Å². The van der Waals surface area contributed by atoms with E-state index in [0.29, 0.717) is 30.8 Å². The summed E-state index contributed by atoms with van der Waals surface area (Å²) in [6, 6.07) is -0.394. The van der Waals surface area contributed by atoms with Crippen LogP contribution < -0.4 is 10.2 Å². The molecule has 2 aliphatic carbocycles. The normalized spacial score (nSPS) is 24.2. The lowest BCUT2D eigenvalue weighted by Crippen LogP contribution is -2.50. The number of nitrogens with zero attached hydrogens (tertiary/aromatic N) is 5. The molecule has 8 nitrogen and oxygen atoms in total. The van der Waals surface area contributed by atoms with Gasteiger partial charge in [-0.05, 0) is 44.9 Å². The topological polar surface area (TPSA) is 90.0 Å². The van der Waals surface area contributed by atoms with Crippen molar-refractivity contribution in [3.8, 4) is 0 Å². The van der Waals surface area contributed by atoms with E-state index < -0.39 is 12.0 Å². The number of hydrogen-bond acceptors (Lipinski definition) is 6. The molecule has 4 heterocycles. The smallest absolute Gasteiger partial charge is 0.251 e. The number of rotatable bonds is 5. The molecule has 1 amide bonds. The minimum Gasteiger partial charge on any atom is -0.340 e. The number of carbonyl (C=O) groups is 1. The summed E-state index contributed by atoms with van der Waals surface area (Å²) in [6.07, 6.45) is 8.14. The fourth-order valence-electron chi connectivity index (χ4n) is 5.29. The number of likely N-dealkylation sites (tertiary alicyclic amines) is 1. The molecule has 2 saturated heterocycles. The van der Waals surface area contributed by atoms with Crippen LogP contribution in [-0.2, 0) is 17.6 Å². The summed E-state index contributed by atoms with van der Waals surface area (Å²) in [5.41, 5.74) is 3.29. The third-order valence-corrected chi connectivity index (χ3v) is 7.37. The van der Waals surface area contributed by atoms with Gasteiger partial charge in [0.2, 0.25) is 17.8 Å². The first-order chi connectivity index (χ1) is 16.0. The lowest BCUT2D eigenvalue weighted by Gasteiger charge is -2.35. The van der Waals surface area contributed by atoms with Crippen molar-refractivity contribution in [2.75, 3.05) is 29.9 Å². The molecule has 3 fully saturated rings. The van der Waals surface area contributed by atoms with Crippen molar-refractivity contribution in [1.82, 2.24) is 24.8 Å². The molecule has 33 heavy (non-hydrogen) atoms. The van der Waals surface area contributed by atoms with Crippen LogP contribution in [0.2, 0.25) is 0 Å². The van der Waals surface area contributed by atoms with E-state index in [4.69, 9.17) is 9.97 Å². The molecule has 2 aromatic heterocycles. The monoisotopic (exact) mass is 457 g/mol. The van der Waals surface area contributed by atoms with E-state index in [1.807, 2.05) is 11.1 Å². The third-order valence-electron chi connectivity index (χ3n) is 7.37. The third kappa shape index (κ3) is 4.04. The van der Waals surface area contributed by atoms with Gasteiger partial charge in [0.15, 0.2) is 0 Å². The van der Waals surface area contributed by atoms with Gasteiger partial charge in [0.25, 0.3) is 5.92 Å². The average Bonchev–Trinajstić information content (AvgIpc) is 3.19. The number of aromatic nitrogens is 4. The van der Waals surface area contributed by atoms with Crippen LogP contribution in [0, 0.1) is 0 Å². The van der Waals surface area contributed by atoms with Gasteiger partial charge in [-0.1, -0.05) is 0 Å². The maximum atomic E-state index is 13.6. The minimum atomic E-state index is -2.67. The standard InChI is InChI=1S/C23H29F2N7O/c24-23(25)8-11-31(12-9-23)20(33)18-5-2-10-32(18)22-28-16-4-1-3-15(16)19(30-22)29-21-26-13-17(27-21)14-6-7-14/h13-14,18H,1-12H2,(H2,26,27,28,29,30)/t18-/m0/s1. The summed E-state index contributed by atoms with van der Waals surface area (Å²) >= 11 is 0. The molecule has 10 heteroatoms. The summed E-state index contributed by atoms with van der Waals surface area (Å²) in [7, 11) is 0. The molecule has 2 aromatic rings. The van der Waals surface area contributed by atoms with E-state index in [1.54, 1.807) is 4.90 Å². The van der Waals surface area contributed by atoms with Crippen molar-refractivity contribution in [2.45, 2.75) is 75.7 Å². The lowest BCUT2D eigenvalue weighted by atomic mass is 10.1. The number of anilines is 3. The zero-order chi connectivity index (χ0) is 22.6. The SMILES string of the molecule is O=C([C@@H]1CCCN1c1nc2c(c(Nc3ncc(C4CC4)[nH]3)n1)CCC2)N1CCC(F)(F)CC1. The number of piperidine rings is 1. The van der Waals surface area contributed by atoms with Crippen molar-refractivity contribution in [1.29, 1.82) is 0 Å². The van der Waals surface area contributed by atoms with Crippen LogP contribution >= 0.6 is 0 Å². The molecule has 2 N–H and O–H groups in total. The highest BCUT2D eigenvalue weighted by atomic mass is 19.3. The molecule has 0 spiro atoms.